The molecule has 1 aromatic carbocycles. The summed E-state index contributed by atoms with van der Waals surface area (Å²) in [6.45, 7) is 0. The predicted molar refractivity (Wildman–Crippen MR) is 76.2 cm³/mol. The van der Waals surface area contributed by atoms with E-state index >= 15 is 0 Å². The fourth-order valence-corrected chi connectivity index (χ4v) is 5.12. The Labute approximate surface area is 119 Å². The third-order valence-corrected chi connectivity index (χ3v) is 5.91. The second-order valence-corrected chi connectivity index (χ2v) is 7.68. The lowest BCUT2D eigenvalue weighted by Gasteiger charge is -2.22. The van der Waals surface area contributed by atoms with Crippen LogP contribution in [0.3, 0.4) is 0 Å². The van der Waals surface area contributed by atoms with Gasteiger partial charge in [-0.2, -0.15) is 5.26 Å². The first kappa shape index (κ1) is 13.6. The molecule has 0 radical (unpaired) electrons. The first-order valence-corrected chi connectivity index (χ1v) is 8.70. The van der Waals surface area contributed by atoms with Gasteiger partial charge in [-0.15, -0.1) is 0 Å². The third-order valence-electron chi connectivity index (χ3n) is 4.55. The lowest BCUT2D eigenvalue weighted by atomic mass is 9.96. The van der Waals surface area contributed by atoms with E-state index < -0.39 is 10.0 Å². The second kappa shape index (κ2) is 5.19. The fourth-order valence-electron chi connectivity index (χ4n) is 3.62. The smallest absolute Gasteiger partial charge is 0.212 e. The van der Waals surface area contributed by atoms with E-state index in [1.165, 1.54) is 12.8 Å². The SMILES string of the molecule is N#Cc1ccccc1CS(=O)(=O)NC1CC2CCC1C2. The van der Waals surface area contributed by atoms with E-state index in [-0.39, 0.29) is 11.8 Å². The summed E-state index contributed by atoms with van der Waals surface area (Å²) in [5.41, 5.74) is 1.01. The highest BCUT2D eigenvalue weighted by molar-refractivity contribution is 7.88. The number of fused-ring (bicyclic) bond motifs is 2. The lowest BCUT2D eigenvalue weighted by Crippen LogP contribution is -2.39. The molecule has 1 N–H and O–H groups in total. The number of benzene rings is 1. The van der Waals surface area contributed by atoms with Crippen molar-refractivity contribution in [2.24, 2.45) is 11.8 Å². The topological polar surface area (TPSA) is 70.0 Å². The molecular formula is C15H18N2O2S. The standard InChI is InChI=1S/C15H18N2O2S/c16-9-13-3-1-2-4-14(13)10-20(18,19)17-15-8-11-5-6-12(15)7-11/h1-4,11-12,15,17H,5-8,10H2. The van der Waals surface area contributed by atoms with Crippen molar-refractivity contribution in [1.82, 2.24) is 4.72 Å². The van der Waals surface area contributed by atoms with E-state index in [1.807, 2.05) is 6.07 Å². The zero-order valence-corrected chi connectivity index (χ0v) is 12.1. The Morgan fingerprint density at radius 1 is 1.25 bits per heavy atom. The molecule has 0 spiro atoms. The molecular weight excluding hydrogens is 272 g/mol. The number of nitriles is 1. The highest BCUT2D eigenvalue weighted by atomic mass is 32.2. The largest absolute Gasteiger partial charge is 0.216 e. The summed E-state index contributed by atoms with van der Waals surface area (Å²) in [7, 11) is -3.37. The van der Waals surface area contributed by atoms with Crippen molar-refractivity contribution >= 4 is 10.0 Å². The quantitative estimate of drug-likeness (QED) is 0.924. The van der Waals surface area contributed by atoms with Crippen LogP contribution >= 0.6 is 0 Å². The molecule has 0 aliphatic heterocycles. The van der Waals surface area contributed by atoms with Crippen molar-refractivity contribution < 1.29 is 8.42 Å². The van der Waals surface area contributed by atoms with Gasteiger partial charge in [-0.25, -0.2) is 13.1 Å². The summed E-state index contributed by atoms with van der Waals surface area (Å²) in [5, 5.41) is 9.02. The van der Waals surface area contributed by atoms with Crippen LogP contribution in [0.15, 0.2) is 24.3 Å². The molecule has 1 aromatic rings. The molecule has 5 heteroatoms. The average Bonchev–Trinajstić information content (AvgIpc) is 3.00. The predicted octanol–water partition coefficient (Wildman–Crippen LogP) is 2.17. The lowest BCUT2D eigenvalue weighted by molar-refractivity contribution is 0.390. The van der Waals surface area contributed by atoms with Gasteiger partial charge in [-0.1, -0.05) is 24.6 Å². The number of sulfonamides is 1. The van der Waals surface area contributed by atoms with E-state index in [9.17, 15) is 8.42 Å². The summed E-state index contributed by atoms with van der Waals surface area (Å²) in [6.07, 6.45) is 4.54. The zero-order valence-electron chi connectivity index (χ0n) is 11.2. The normalized spacial score (nSPS) is 28.4. The Kier molecular flexibility index (Phi) is 3.53. The number of hydrogen-bond acceptors (Lipinski definition) is 3. The van der Waals surface area contributed by atoms with Crippen LogP contribution in [0.25, 0.3) is 0 Å². The Balaban J connectivity index is 1.71. The van der Waals surface area contributed by atoms with Gasteiger partial charge in [0.25, 0.3) is 0 Å². The molecule has 0 aromatic heterocycles. The van der Waals surface area contributed by atoms with Crippen molar-refractivity contribution in [3.8, 4) is 6.07 Å². The van der Waals surface area contributed by atoms with Gasteiger partial charge in [0.2, 0.25) is 10.0 Å². The maximum Gasteiger partial charge on any atom is 0.216 e. The molecule has 4 nitrogen and oxygen atoms in total. The zero-order chi connectivity index (χ0) is 14.2. The van der Waals surface area contributed by atoms with E-state index in [0.717, 1.165) is 12.8 Å². The van der Waals surface area contributed by atoms with Crippen molar-refractivity contribution in [1.29, 1.82) is 5.26 Å². The highest BCUT2D eigenvalue weighted by Gasteiger charge is 2.41. The first-order valence-electron chi connectivity index (χ1n) is 7.05. The first-order chi connectivity index (χ1) is 9.57. The van der Waals surface area contributed by atoms with E-state index in [4.69, 9.17) is 5.26 Å². The van der Waals surface area contributed by atoms with Crippen LogP contribution in [0.5, 0.6) is 0 Å². The summed E-state index contributed by atoms with van der Waals surface area (Å²) in [5.74, 6) is 1.12. The number of rotatable bonds is 4. The van der Waals surface area contributed by atoms with Gasteiger partial charge in [-0.3, -0.25) is 0 Å². The Morgan fingerprint density at radius 3 is 2.70 bits per heavy atom. The molecule has 20 heavy (non-hydrogen) atoms. The minimum absolute atomic E-state index is 0.105. The molecule has 2 fully saturated rings. The number of nitrogens with zero attached hydrogens (tertiary/aromatic N) is 1. The van der Waals surface area contributed by atoms with E-state index in [0.29, 0.717) is 23.0 Å². The van der Waals surface area contributed by atoms with Gasteiger partial charge in [0.1, 0.15) is 0 Å². The van der Waals surface area contributed by atoms with Crippen LogP contribution in [0.2, 0.25) is 0 Å². The molecule has 2 aliphatic carbocycles. The van der Waals surface area contributed by atoms with E-state index in [1.54, 1.807) is 24.3 Å². The highest BCUT2D eigenvalue weighted by Crippen LogP contribution is 2.44. The fraction of sp³-hybridized carbons (Fsp3) is 0.533. The molecule has 0 amide bonds. The van der Waals surface area contributed by atoms with E-state index in [2.05, 4.69) is 4.72 Å². The number of nitrogens with one attached hydrogen (secondary N) is 1. The minimum atomic E-state index is -3.37. The van der Waals surface area contributed by atoms with Gasteiger partial charge in [-0.05, 0) is 42.7 Å². The van der Waals surface area contributed by atoms with Crippen LogP contribution in [-0.2, 0) is 15.8 Å². The van der Waals surface area contributed by atoms with Crippen molar-refractivity contribution in [2.45, 2.75) is 37.5 Å². The van der Waals surface area contributed by atoms with Gasteiger partial charge in [0.05, 0.1) is 17.4 Å². The molecule has 2 aliphatic rings. The van der Waals surface area contributed by atoms with Gasteiger partial charge in [0.15, 0.2) is 0 Å². The molecule has 0 heterocycles. The minimum Gasteiger partial charge on any atom is -0.212 e. The molecule has 0 saturated heterocycles. The van der Waals surface area contributed by atoms with Crippen molar-refractivity contribution in [3.63, 3.8) is 0 Å². The molecule has 3 atom stereocenters. The molecule has 106 valence electrons. The van der Waals surface area contributed by atoms with Crippen LogP contribution in [0.4, 0.5) is 0 Å². The maximum atomic E-state index is 12.3. The Hall–Kier alpha value is -1.38. The maximum absolute atomic E-state index is 12.3. The number of hydrogen-bond donors (Lipinski definition) is 1. The molecule has 3 rings (SSSR count). The Bertz CT molecular complexity index is 648. The molecule has 2 saturated carbocycles. The van der Waals surface area contributed by atoms with Crippen LogP contribution < -0.4 is 4.72 Å². The van der Waals surface area contributed by atoms with Crippen molar-refractivity contribution in [2.75, 3.05) is 0 Å². The monoisotopic (exact) mass is 290 g/mol. The third kappa shape index (κ3) is 2.72. The van der Waals surface area contributed by atoms with Crippen LogP contribution in [0.1, 0.15) is 36.8 Å². The van der Waals surface area contributed by atoms with Crippen molar-refractivity contribution in [3.05, 3.63) is 35.4 Å². The van der Waals surface area contributed by atoms with Crippen LogP contribution in [-0.4, -0.2) is 14.5 Å². The van der Waals surface area contributed by atoms with Crippen LogP contribution in [0, 0.1) is 23.2 Å². The summed E-state index contributed by atoms with van der Waals surface area (Å²) < 4.78 is 27.4. The molecule has 3 unspecified atom stereocenters. The van der Waals surface area contributed by atoms with Gasteiger partial charge < -0.3 is 0 Å². The summed E-state index contributed by atoms with van der Waals surface area (Å²) in [4.78, 5) is 0. The second-order valence-electron chi connectivity index (χ2n) is 5.93. The summed E-state index contributed by atoms with van der Waals surface area (Å²) in [6, 6.07) is 9.03. The van der Waals surface area contributed by atoms with Gasteiger partial charge in [0, 0.05) is 6.04 Å². The average molecular weight is 290 g/mol. The summed E-state index contributed by atoms with van der Waals surface area (Å²) >= 11 is 0. The van der Waals surface area contributed by atoms with Gasteiger partial charge >= 0.3 is 0 Å². The Morgan fingerprint density at radius 2 is 2.05 bits per heavy atom. The molecule has 2 bridgehead atoms.